The Labute approximate surface area is 81.3 Å². The van der Waals surface area contributed by atoms with Gasteiger partial charge in [0.2, 0.25) is 0 Å². The molecule has 0 aromatic rings. The molecule has 0 saturated heterocycles. The number of hydrogen-bond acceptors (Lipinski definition) is 3. The molecule has 0 saturated carbocycles. The lowest BCUT2D eigenvalue weighted by Gasteiger charge is -2.07. The van der Waals surface area contributed by atoms with Gasteiger partial charge in [0.05, 0.1) is 5.70 Å². The molecule has 3 nitrogen and oxygen atoms in total. The molecule has 0 radical (unpaired) electrons. The van der Waals surface area contributed by atoms with E-state index >= 15 is 0 Å². The van der Waals surface area contributed by atoms with Crippen molar-refractivity contribution in [2.45, 2.75) is 32.7 Å². The molecule has 76 valence electrons. The van der Waals surface area contributed by atoms with Gasteiger partial charge < -0.3 is 10.6 Å². The average molecular weight is 183 g/mol. The van der Waals surface area contributed by atoms with E-state index in [-0.39, 0.29) is 0 Å². The molecule has 0 aromatic carbocycles. The van der Waals surface area contributed by atoms with Crippen LogP contribution in [0, 0.1) is 0 Å². The topological polar surface area (TPSA) is 36.4 Å². The third-order valence-corrected chi connectivity index (χ3v) is 1.68. The van der Waals surface area contributed by atoms with Gasteiger partial charge in [-0.2, -0.15) is 0 Å². The van der Waals surface area contributed by atoms with Gasteiger partial charge in [0.25, 0.3) is 0 Å². The Balaban J connectivity index is 3.50. The first-order valence-corrected chi connectivity index (χ1v) is 4.77. The van der Waals surface area contributed by atoms with Gasteiger partial charge in [-0.3, -0.25) is 4.99 Å². The van der Waals surface area contributed by atoms with Crippen LogP contribution in [0.5, 0.6) is 0 Å². The van der Waals surface area contributed by atoms with Crippen LogP contribution in [0.3, 0.4) is 0 Å². The zero-order chi connectivity index (χ0) is 10.1. The van der Waals surface area contributed by atoms with Crippen LogP contribution in [-0.2, 0) is 0 Å². The molecule has 0 fully saturated rings. The number of rotatable bonds is 7. The summed E-state index contributed by atoms with van der Waals surface area (Å²) in [7, 11) is 1.87. The minimum absolute atomic E-state index is 0.563. The molecule has 0 rings (SSSR count). The van der Waals surface area contributed by atoms with Gasteiger partial charge in [0.1, 0.15) is 0 Å². The van der Waals surface area contributed by atoms with Crippen molar-refractivity contribution >= 4 is 6.72 Å². The summed E-state index contributed by atoms with van der Waals surface area (Å²) in [5.74, 6) is 0. The number of aliphatic imine (C=N–C) groups is 1. The van der Waals surface area contributed by atoms with Crippen molar-refractivity contribution in [1.29, 1.82) is 0 Å². The monoisotopic (exact) mass is 183 g/mol. The van der Waals surface area contributed by atoms with E-state index in [0.717, 1.165) is 25.1 Å². The van der Waals surface area contributed by atoms with Crippen LogP contribution < -0.4 is 10.6 Å². The summed E-state index contributed by atoms with van der Waals surface area (Å²) in [6, 6.07) is 0.563. The normalized spacial score (nSPS) is 11.8. The van der Waals surface area contributed by atoms with Crippen LogP contribution in [0.2, 0.25) is 0 Å². The average Bonchev–Trinajstić information content (AvgIpc) is 2.10. The van der Waals surface area contributed by atoms with E-state index < -0.39 is 0 Å². The Bertz CT molecular complexity index is 162. The predicted octanol–water partition coefficient (Wildman–Crippen LogP) is 1.53. The van der Waals surface area contributed by atoms with Crippen molar-refractivity contribution in [2.75, 3.05) is 13.6 Å². The quantitative estimate of drug-likeness (QED) is 0.464. The fraction of sp³-hybridized carbons (Fsp3) is 0.700. The molecular formula is C10H21N3. The summed E-state index contributed by atoms with van der Waals surface area (Å²) in [5.41, 5.74) is 1.02. The van der Waals surface area contributed by atoms with Gasteiger partial charge in [-0.1, -0.05) is 13.8 Å². The molecule has 0 spiro atoms. The van der Waals surface area contributed by atoms with Gasteiger partial charge in [0.15, 0.2) is 0 Å². The SMILES string of the molecule is C=N/C(=C\NC)CCCNC(C)C. The van der Waals surface area contributed by atoms with E-state index in [1.807, 2.05) is 13.2 Å². The number of nitrogens with zero attached hydrogens (tertiary/aromatic N) is 1. The van der Waals surface area contributed by atoms with Crippen LogP contribution in [0.15, 0.2) is 16.9 Å². The number of nitrogens with one attached hydrogen (secondary N) is 2. The van der Waals surface area contributed by atoms with Crippen LogP contribution in [-0.4, -0.2) is 26.4 Å². The molecule has 0 aromatic heterocycles. The Kier molecular flexibility index (Phi) is 7.30. The first-order chi connectivity index (χ1) is 6.20. The Morgan fingerprint density at radius 3 is 2.69 bits per heavy atom. The van der Waals surface area contributed by atoms with Crippen molar-refractivity contribution < 1.29 is 0 Å². The minimum Gasteiger partial charge on any atom is -0.393 e. The molecular weight excluding hydrogens is 162 g/mol. The van der Waals surface area contributed by atoms with E-state index in [0.29, 0.717) is 6.04 Å². The maximum Gasteiger partial charge on any atom is 0.0553 e. The lowest BCUT2D eigenvalue weighted by Crippen LogP contribution is -2.23. The third-order valence-electron chi connectivity index (χ3n) is 1.68. The number of allylic oxidation sites excluding steroid dienone is 1. The maximum absolute atomic E-state index is 3.92. The molecule has 13 heavy (non-hydrogen) atoms. The highest BCUT2D eigenvalue weighted by atomic mass is 14.9. The van der Waals surface area contributed by atoms with Crippen LogP contribution in [0.25, 0.3) is 0 Å². The Morgan fingerprint density at radius 1 is 1.54 bits per heavy atom. The molecule has 0 aliphatic heterocycles. The number of hydrogen-bond donors (Lipinski definition) is 2. The second-order valence-corrected chi connectivity index (χ2v) is 3.29. The first kappa shape index (κ1) is 12.2. The molecule has 0 atom stereocenters. The second-order valence-electron chi connectivity index (χ2n) is 3.29. The third kappa shape index (κ3) is 7.53. The molecule has 0 unspecified atom stereocenters. The fourth-order valence-electron chi connectivity index (χ4n) is 1.02. The summed E-state index contributed by atoms with van der Waals surface area (Å²) in [6.45, 7) is 8.85. The summed E-state index contributed by atoms with van der Waals surface area (Å²) < 4.78 is 0. The minimum atomic E-state index is 0.563. The molecule has 0 amide bonds. The van der Waals surface area contributed by atoms with Gasteiger partial charge in [-0.05, 0) is 26.1 Å². The Hall–Kier alpha value is -0.830. The van der Waals surface area contributed by atoms with E-state index in [1.165, 1.54) is 0 Å². The lowest BCUT2D eigenvalue weighted by atomic mass is 10.2. The van der Waals surface area contributed by atoms with E-state index in [2.05, 4.69) is 36.2 Å². The summed E-state index contributed by atoms with van der Waals surface area (Å²) in [4.78, 5) is 3.92. The highest BCUT2D eigenvalue weighted by molar-refractivity contribution is 5.28. The predicted molar refractivity (Wildman–Crippen MR) is 59.1 cm³/mol. The van der Waals surface area contributed by atoms with Crippen molar-refractivity contribution in [3.63, 3.8) is 0 Å². The van der Waals surface area contributed by atoms with Crippen molar-refractivity contribution in [3.05, 3.63) is 11.9 Å². The standard InChI is InChI=1S/C10H21N3/c1-9(2)13-7-5-6-10(12-4)8-11-3/h8-9,11,13H,4-7H2,1-3H3/b10-8-. The van der Waals surface area contributed by atoms with Gasteiger partial charge in [-0.25, -0.2) is 0 Å². The van der Waals surface area contributed by atoms with Crippen molar-refractivity contribution in [2.24, 2.45) is 4.99 Å². The maximum atomic E-state index is 3.92. The fourth-order valence-corrected chi connectivity index (χ4v) is 1.02. The van der Waals surface area contributed by atoms with Crippen molar-refractivity contribution in [3.8, 4) is 0 Å². The smallest absolute Gasteiger partial charge is 0.0553 e. The zero-order valence-corrected chi connectivity index (χ0v) is 8.93. The summed E-state index contributed by atoms with van der Waals surface area (Å²) in [6.07, 6.45) is 3.97. The van der Waals surface area contributed by atoms with Gasteiger partial charge in [-0.15, -0.1) is 0 Å². The molecule has 0 heterocycles. The van der Waals surface area contributed by atoms with Gasteiger partial charge in [0, 0.05) is 19.3 Å². The van der Waals surface area contributed by atoms with Gasteiger partial charge >= 0.3 is 0 Å². The van der Waals surface area contributed by atoms with E-state index in [1.54, 1.807) is 0 Å². The van der Waals surface area contributed by atoms with Crippen molar-refractivity contribution in [1.82, 2.24) is 10.6 Å². The lowest BCUT2D eigenvalue weighted by molar-refractivity contribution is 0.569. The summed E-state index contributed by atoms with van der Waals surface area (Å²) in [5, 5.41) is 6.31. The Morgan fingerprint density at radius 2 is 2.23 bits per heavy atom. The molecule has 0 aliphatic carbocycles. The molecule has 2 N–H and O–H groups in total. The first-order valence-electron chi connectivity index (χ1n) is 4.77. The summed E-state index contributed by atoms with van der Waals surface area (Å²) >= 11 is 0. The molecule has 0 bridgehead atoms. The molecule has 3 heteroatoms. The highest BCUT2D eigenvalue weighted by Gasteiger charge is 1.94. The van der Waals surface area contributed by atoms with E-state index in [4.69, 9.17) is 0 Å². The van der Waals surface area contributed by atoms with Crippen LogP contribution in [0.4, 0.5) is 0 Å². The van der Waals surface area contributed by atoms with Crippen LogP contribution >= 0.6 is 0 Å². The highest BCUT2D eigenvalue weighted by Crippen LogP contribution is 2.03. The van der Waals surface area contributed by atoms with Crippen LogP contribution in [0.1, 0.15) is 26.7 Å². The molecule has 0 aliphatic rings. The van der Waals surface area contributed by atoms with E-state index in [9.17, 15) is 0 Å². The second kappa shape index (κ2) is 7.80. The largest absolute Gasteiger partial charge is 0.393 e. The zero-order valence-electron chi connectivity index (χ0n) is 8.93.